The van der Waals surface area contributed by atoms with Crippen molar-refractivity contribution >= 4 is 33.4 Å². The van der Waals surface area contributed by atoms with Crippen molar-refractivity contribution in [1.82, 2.24) is 24.0 Å². The first-order valence-electron chi connectivity index (χ1n) is 8.06. The minimum Gasteiger partial charge on any atom is -0.334 e. The summed E-state index contributed by atoms with van der Waals surface area (Å²) in [5.41, 5.74) is 1.07. The number of carbonyl (C=O) groups is 2. The molecule has 2 amide bonds. The second-order valence-electron chi connectivity index (χ2n) is 5.95. The number of benzene rings is 1. The van der Waals surface area contributed by atoms with Crippen LogP contribution in [-0.4, -0.2) is 61.9 Å². The highest BCUT2D eigenvalue weighted by molar-refractivity contribution is 7.13. The van der Waals surface area contributed by atoms with Crippen LogP contribution in [0.25, 0.3) is 10.1 Å². The Morgan fingerprint density at radius 1 is 1.00 bits per heavy atom. The second-order valence-corrected chi connectivity index (χ2v) is 6.76. The Kier molecular flexibility index (Phi) is 3.96. The van der Waals surface area contributed by atoms with E-state index in [0.717, 1.165) is 10.1 Å². The Bertz CT molecular complexity index is 939. The molecule has 1 aliphatic rings. The highest BCUT2D eigenvalue weighted by Crippen LogP contribution is 2.23. The van der Waals surface area contributed by atoms with Gasteiger partial charge in [0, 0.05) is 44.8 Å². The van der Waals surface area contributed by atoms with Crippen LogP contribution in [-0.2, 0) is 7.05 Å². The molecule has 0 atom stereocenters. The van der Waals surface area contributed by atoms with Crippen LogP contribution < -0.4 is 0 Å². The van der Waals surface area contributed by atoms with E-state index >= 15 is 0 Å². The third-order valence-electron chi connectivity index (χ3n) is 4.47. The topological polar surface area (TPSA) is 71.3 Å². The van der Waals surface area contributed by atoms with Crippen LogP contribution in [0.3, 0.4) is 0 Å². The fourth-order valence-corrected chi connectivity index (χ4v) is 3.82. The Morgan fingerprint density at radius 3 is 2.36 bits per heavy atom. The maximum Gasteiger partial charge on any atom is 0.274 e. The summed E-state index contributed by atoms with van der Waals surface area (Å²) >= 11 is 1.34. The van der Waals surface area contributed by atoms with E-state index in [-0.39, 0.29) is 11.8 Å². The minimum absolute atomic E-state index is 0.0498. The van der Waals surface area contributed by atoms with Crippen LogP contribution in [0.5, 0.6) is 0 Å². The van der Waals surface area contributed by atoms with Crippen LogP contribution in [0.15, 0.2) is 36.5 Å². The molecule has 2 aromatic heterocycles. The molecule has 0 aliphatic carbocycles. The van der Waals surface area contributed by atoms with Gasteiger partial charge in [-0.15, -0.1) is 0 Å². The van der Waals surface area contributed by atoms with Gasteiger partial charge in [-0.3, -0.25) is 14.3 Å². The van der Waals surface area contributed by atoms with E-state index in [9.17, 15) is 9.59 Å². The number of hydrogen-bond donors (Lipinski definition) is 0. The quantitative estimate of drug-likeness (QED) is 0.700. The molecule has 0 radical (unpaired) electrons. The Labute approximate surface area is 148 Å². The number of aromatic nitrogens is 3. The number of fused-ring (bicyclic) bond motifs is 1. The van der Waals surface area contributed by atoms with Crippen molar-refractivity contribution in [3.63, 3.8) is 0 Å². The average molecular weight is 355 g/mol. The zero-order chi connectivity index (χ0) is 17.4. The van der Waals surface area contributed by atoms with Gasteiger partial charge in [0.1, 0.15) is 11.4 Å². The van der Waals surface area contributed by atoms with Crippen molar-refractivity contribution in [3.8, 4) is 0 Å². The van der Waals surface area contributed by atoms with Crippen molar-refractivity contribution in [2.45, 2.75) is 0 Å². The van der Waals surface area contributed by atoms with E-state index in [1.807, 2.05) is 24.3 Å². The zero-order valence-electron chi connectivity index (χ0n) is 13.8. The van der Waals surface area contributed by atoms with Gasteiger partial charge in [-0.05, 0) is 23.7 Å². The van der Waals surface area contributed by atoms with Gasteiger partial charge in [0.05, 0.1) is 4.70 Å². The zero-order valence-corrected chi connectivity index (χ0v) is 14.6. The number of carbonyl (C=O) groups excluding carboxylic acids is 2. The van der Waals surface area contributed by atoms with Crippen LogP contribution in [0.2, 0.25) is 0 Å². The number of aryl methyl sites for hydroxylation is 1. The van der Waals surface area contributed by atoms with E-state index in [2.05, 4.69) is 9.47 Å². The number of amides is 2. The molecule has 1 fully saturated rings. The maximum absolute atomic E-state index is 12.8. The minimum atomic E-state index is -0.0647. The molecule has 25 heavy (non-hydrogen) atoms. The van der Waals surface area contributed by atoms with E-state index in [1.165, 1.54) is 11.5 Å². The van der Waals surface area contributed by atoms with Crippen LogP contribution >= 0.6 is 11.5 Å². The summed E-state index contributed by atoms with van der Waals surface area (Å²) in [5, 5.41) is 4.93. The summed E-state index contributed by atoms with van der Waals surface area (Å²) in [7, 11) is 1.75. The molecule has 128 valence electrons. The maximum atomic E-state index is 12.8. The first-order chi connectivity index (χ1) is 12.1. The van der Waals surface area contributed by atoms with Crippen LogP contribution in [0, 0.1) is 0 Å². The monoisotopic (exact) mass is 355 g/mol. The number of piperazine rings is 1. The van der Waals surface area contributed by atoms with Gasteiger partial charge in [-0.25, -0.2) is 0 Å². The third kappa shape index (κ3) is 2.78. The summed E-state index contributed by atoms with van der Waals surface area (Å²) in [5.74, 6) is -0.115. The normalized spacial score (nSPS) is 14.9. The predicted molar refractivity (Wildman–Crippen MR) is 94.6 cm³/mol. The summed E-state index contributed by atoms with van der Waals surface area (Å²) in [6.45, 7) is 2.04. The average Bonchev–Trinajstić information content (AvgIpc) is 3.27. The molecule has 7 nitrogen and oxygen atoms in total. The smallest absolute Gasteiger partial charge is 0.274 e. The van der Waals surface area contributed by atoms with Gasteiger partial charge >= 0.3 is 0 Å². The second kappa shape index (κ2) is 6.29. The highest BCUT2D eigenvalue weighted by atomic mass is 32.1. The van der Waals surface area contributed by atoms with E-state index in [1.54, 1.807) is 33.8 Å². The molecule has 3 heterocycles. The van der Waals surface area contributed by atoms with E-state index in [4.69, 9.17) is 0 Å². The molecule has 0 spiro atoms. The molecule has 3 aromatic rings. The van der Waals surface area contributed by atoms with Gasteiger partial charge in [-0.1, -0.05) is 18.2 Å². The van der Waals surface area contributed by atoms with Crippen molar-refractivity contribution in [2.75, 3.05) is 26.2 Å². The molecule has 1 aliphatic heterocycles. The van der Waals surface area contributed by atoms with Crippen molar-refractivity contribution in [3.05, 3.63) is 47.9 Å². The molecule has 1 aromatic carbocycles. The Balaban J connectivity index is 1.46. The fraction of sp³-hybridized carbons (Fsp3) is 0.294. The van der Waals surface area contributed by atoms with Crippen molar-refractivity contribution in [1.29, 1.82) is 0 Å². The van der Waals surface area contributed by atoms with Gasteiger partial charge in [-0.2, -0.15) is 9.47 Å². The Hall–Kier alpha value is -2.74. The number of rotatable bonds is 2. The fourth-order valence-electron chi connectivity index (χ4n) is 3.05. The van der Waals surface area contributed by atoms with Gasteiger partial charge in [0.25, 0.3) is 11.8 Å². The van der Waals surface area contributed by atoms with E-state index in [0.29, 0.717) is 37.6 Å². The van der Waals surface area contributed by atoms with Gasteiger partial charge < -0.3 is 9.80 Å². The summed E-state index contributed by atoms with van der Waals surface area (Å²) in [6, 6.07) is 9.46. The van der Waals surface area contributed by atoms with Crippen LogP contribution in [0.1, 0.15) is 21.0 Å². The predicted octanol–water partition coefficient (Wildman–Crippen LogP) is 1.63. The van der Waals surface area contributed by atoms with E-state index < -0.39 is 0 Å². The van der Waals surface area contributed by atoms with Crippen LogP contribution in [0.4, 0.5) is 0 Å². The largest absolute Gasteiger partial charge is 0.334 e. The van der Waals surface area contributed by atoms with Crippen molar-refractivity contribution in [2.24, 2.45) is 7.05 Å². The Morgan fingerprint density at radius 2 is 1.68 bits per heavy atom. The molecule has 1 saturated heterocycles. The number of nitrogens with zero attached hydrogens (tertiary/aromatic N) is 5. The first-order valence-corrected chi connectivity index (χ1v) is 8.83. The molecule has 8 heteroatoms. The molecule has 4 rings (SSSR count). The molecule has 0 unspecified atom stereocenters. The SMILES string of the molecule is Cn1nccc1C(=O)N1CCN(C(=O)c2nsc3ccccc23)CC1. The summed E-state index contributed by atoms with van der Waals surface area (Å²) < 4.78 is 6.92. The molecule has 0 bridgehead atoms. The third-order valence-corrected chi connectivity index (χ3v) is 5.30. The summed E-state index contributed by atoms with van der Waals surface area (Å²) in [4.78, 5) is 28.8. The highest BCUT2D eigenvalue weighted by Gasteiger charge is 2.28. The molecule has 0 saturated carbocycles. The van der Waals surface area contributed by atoms with Gasteiger partial charge in [0.15, 0.2) is 0 Å². The lowest BCUT2D eigenvalue weighted by molar-refractivity contribution is 0.0528. The molecular weight excluding hydrogens is 338 g/mol. The van der Waals surface area contributed by atoms with Gasteiger partial charge in [0.2, 0.25) is 0 Å². The molecule has 0 N–H and O–H groups in total. The lowest BCUT2D eigenvalue weighted by Crippen LogP contribution is -2.51. The summed E-state index contributed by atoms with van der Waals surface area (Å²) in [6.07, 6.45) is 1.61. The number of hydrogen-bond acceptors (Lipinski definition) is 5. The standard InChI is InChI=1S/C17H17N5O2S/c1-20-13(6-7-18-20)16(23)21-8-10-22(11-9-21)17(24)15-12-4-2-3-5-14(12)25-19-15/h2-7H,8-11H2,1H3. The van der Waals surface area contributed by atoms with Crippen molar-refractivity contribution < 1.29 is 9.59 Å². The lowest BCUT2D eigenvalue weighted by atomic mass is 10.2. The lowest BCUT2D eigenvalue weighted by Gasteiger charge is -2.34. The molecular formula is C17H17N5O2S. The first kappa shape index (κ1) is 15.8.